The summed E-state index contributed by atoms with van der Waals surface area (Å²) >= 11 is 0. The Balaban J connectivity index is 2.00. The number of methoxy groups -OCH3 is 1. The minimum absolute atomic E-state index is 0.310. The Bertz CT molecular complexity index is 702. The molecule has 0 spiro atoms. The number of hydrogen-bond donors (Lipinski definition) is 1. The number of hydrogen-bond acceptors (Lipinski definition) is 5. The quantitative estimate of drug-likeness (QED) is 0.384. The van der Waals surface area contributed by atoms with Crippen molar-refractivity contribution in [3.8, 4) is 5.75 Å². The van der Waals surface area contributed by atoms with Crippen LogP contribution in [0.5, 0.6) is 5.75 Å². The van der Waals surface area contributed by atoms with Crippen LogP contribution in [0.25, 0.3) is 5.76 Å². The average molecular weight is 312 g/mol. The Hall–Kier alpha value is -3.08. The second kappa shape index (κ2) is 7.79. The molecule has 1 N–H and O–H groups in total. The summed E-state index contributed by atoms with van der Waals surface area (Å²) in [4.78, 5) is 22.4. The molecule has 2 aromatic rings. The maximum atomic E-state index is 11.3. The third-order valence-corrected chi connectivity index (χ3v) is 3.05. The molecule has 0 heterocycles. The molecular formula is C18H16O5. The van der Waals surface area contributed by atoms with Crippen molar-refractivity contribution in [3.63, 3.8) is 0 Å². The van der Waals surface area contributed by atoms with Crippen LogP contribution < -0.4 is 4.74 Å². The number of rotatable bonds is 6. The lowest BCUT2D eigenvalue weighted by atomic mass is 10.1. The minimum atomic E-state index is -1.03. The molecule has 0 aliphatic heterocycles. The lowest BCUT2D eigenvalue weighted by Gasteiger charge is -2.07. The van der Waals surface area contributed by atoms with Gasteiger partial charge in [0.25, 0.3) is 5.78 Å². The molecule has 0 atom stereocenters. The van der Waals surface area contributed by atoms with Gasteiger partial charge in [0, 0.05) is 11.6 Å². The third kappa shape index (κ3) is 4.71. The number of carbonyl (C=O) groups excluding carboxylic acids is 2. The van der Waals surface area contributed by atoms with E-state index < -0.39 is 11.8 Å². The van der Waals surface area contributed by atoms with E-state index in [1.807, 2.05) is 30.3 Å². The van der Waals surface area contributed by atoms with Crippen LogP contribution in [0.3, 0.4) is 0 Å². The van der Waals surface area contributed by atoms with E-state index in [-0.39, 0.29) is 5.76 Å². The molecule has 0 aliphatic rings. The van der Waals surface area contributed by atoms with Crippen molar-refractivity contribution < 1.29 is 24.2 Å². The van der Waals surface area contributed by atoms with Gasteiger partial charge in [-0.3, -0.25) is 4.79 Å². The van der Waals surface area contributed by atoms with E-state index in [0.29, 0.717) is 17.9 Å². The van der Waals surface area contributed by atoms with Gasteiger partial charge in [0.2, 0.25) is 0 Å². The molecule has 2 aromatic carbocycles. The number of aliphatic hydroxyl groups excluding tert-OH is 1. The van der Waals surface area contributed by atoms with Crippen LogP contribution in [0.15, 0.2) is 60.7 Å². The van der Waals surface area contributed by atoms with Gasteiger partial charge in [0.05, 0.1) is 7.11 Å². The van der Waals surface area contributed by atoms with Crippen molar-refractivity contribution in [2.75, 3.05) is 7.11 Å². The first-order chi connectivity index (χ1) is 11.1. The third-order valence-electron chi connectivity index (χ3n) is 3.05. The first-order valence-electron chi connectivity index (χ1n) is 6.90. The molecule has 0 unspecified atom stereocenters. The monoisotopic (exact) mass is 312 g/mol. The zero-order valence-electron chi connectivity index (χ0n) is 12.6. The van der Waals surface area contributed by atoms with E-state index >= 15 is 0 Å². The molecule has 5 nitrogen and oxygen atoms in total. The minimum Gasteiger partial charge on any atom is -0.507 e. The van der Waals surface area contributed by atoms with Crippen molar-refractivity contribution in [2.24, 2.45) is 0 Å². The normalized spacial score (nSPS) is 10.9. The Morgan fingerprint density at radius 1 is 1.04 bits per heavy atom. The Morgan fingerprint density at radius 3 is 2.30 bits per heavy atom. The van der Waals surface area contributed by atoms with Gasteiger partial charge in [-0.25, -0.2) is 4.79 Å². The fourth-order valence-corrected chi connectivity index (χ4v) is 1.83. The number of ether oxygens (including phenoxy) is 2. The van der Waals surface area contributed by atoms with Crippen LogP contribution in [0.2, 0.25) is 0 Å². The molecule has 23 heavy (non-hydrogen) atoms. The van der Waals surface area contributed by atoms with Crippen molar-refractivity contribution in [1.82, 2.24) is 0 Å². The predicted octanol–water partition coefficient (Wildman–Crippen LogP) is 2.91. The smallest absolute Gasteiger partial charge is 0.378 e. The van der Waals surface area contributed by atoms with E-state index in [4.69, 9.17) is 4.74 Å². The zero-order valence-corrected chi connectivity index (χ0v) is 12.6. The standard InChI is InChI=1S/C18H16O5/c1-22-18(21)17(20)11-16(19)14-7-9-15(10-8-14)23-12-13-5-3-2-4-6-13/h2-11,19H,12H2,1H3. The zero-order chi connectivity index (χ0) is 16.7. The van der Waals surface area contributed by atoms with E-state index in [9.17, 15) is 14.7 Å². The summed E-state index contributed by atoms with van der Waals surface area (Å²) in [7, 11) is 1.10. The van der Waals surface area contributed by atoms with Crippen LogP contribution in [0.4, 0.5) is 0 Å². The molecule has 118 valence electrons. The SMILES string of the molecule is COC(=O)C(=O)C=C(O)c1ccc(OCc2ccccc2)cc1. The summed E-state index contributed by atoms with van der Waals surface area (Å²) in [5.74, 6) is -1.63. The van der Waals surface area contributed by atoms with Gasteiger partial charge in [-0.1, -0.05) is 30.3 Å². The first-order valence-corrected chi connectivity index (χ1v) is 6.90. The number of aliphatic hydroxyl groups is 1. The number of benzene rings is 2. The molecule has 0 bridgehead atoms. The predicted molar refractivity (Wildman–Crippen MR) is 84.8 cm³/mol. The van der Waals surface area contributed by atoms with Gasteiger partial charge >= 0.3 is 5.97 Å². The van der Waals surface area contributed by atoms with Gasteiger partial charge in [-0.2, -0.15) is 0 Å². The Kier molecular flexibility index (Phi) is 5.52. The van der Waals surface area contributed by atoms with Gasteiger partial charge in [-0.15, -0.1) is 0 Å². The topological polar surface area (TPSA) is 72.8 Å². The van der Waals surface area contributed by atoms with Crippen molar-refractivity contribution in [2.45, 2.75) is 6.61 Å². The van der Waals surface area contributed by atoms with Crippen LogP contribution in [-0.4, -0.2) is 24.0 Å². The van der Waals surface area contributed by atoms with Gasteiger partial charge < -0.3 is 14.6 Å². The summed E-state index contributed by atoms with van der Waals surface area (Å²) < 4.78 is 9.90. The molecule has 0 saturated heterocycles. The van der Waals surface area contributed by atoms with Gasteiger partial charge in [0.1, 0.15) is 18.1 Å². The molecule has 0 saturated carbocycles. The lowest BCUT2D eigenvalue weighted by Crippen LogP contribution is -2.13. The second-order valence-corrected chi connectivity index (χ2v) is 4.68. The molecule has 2 rings (SSSR count). The summed E-state index contributed by atoms with van der Waals surface area (Å²) in [6, 6.07) is 16.3. The van der Waals surface area contributed by atoms with Crippen LogP contribution in [0, 0.1) is 0 Å². The molecule has 0 aliphatic carbocycles. The van der Waals surface area contributed by atoms with Crippen molar-refractivity contribution >= 4 is 17.5 Å². The molecule has 0 radical (unpaired) electrons. The Morgan fingerprint density at radius 2 is 1.70 bits per heavy atom. The summed E-state index contributed by atoms with van der Waals surface area (Å²) in [5.41, 5.74) is 1.44. The molecule has 0 fully saturated rings. The van der Waals surface area contributed by atoms with Crippen LogP contribution in [0.1, 0.15) is 11.1 Å². The number of carbonyl (C=O) groups is 2. The van der Waals surface area contributed by atoms with Crippen LogP contribution >= 0.6 is 0 Å². The fourth-order valence-electron chi connectivity index (χ4n) is 1.83. The van der Waals surface area contributed by atoms with E-state index in [1.165, 1.54) is 0 Å². The summed E-state index contributed by atoms with van der Waals surface area (Å²) in [5, 5.41) is 9.83. The molecular weight excluding hydrogens is 296 g/mol. The maximum absolute atomic E-state index is 11.3. The second-order valence-electron chi connectivity index (χ2n) is 4.68. The van der Waals surface area contributed by atoms with E-state index in [2.05, 4.69) is 4.74 Å². The average Bonchev–Trinajstić information content (AvgIpc) is 2.60. The summed E-state index contributed by atoms with van der Waals surface area (Å²) in [6.45, 7) is 0.433. The molecule has 5 heteroatoms. The van der Waals surface area contributed by atoms with Crippen LogP contribution in [-0.2, 0) is 20.9 Å². The highest BCUT2D eigenvalue weighted by molar-refractivity contribution is 6.39. The fraction of sp³-hybridized carbons (Fsp3) is 0.111. The molecule has 0 aromatic heterocycles. The van der Waals surface area contributed by atoms with Gasteiger partial charge in [-0.05, 0) is 29.8 Å². The highest BCUT2D eigenvalue weighted by atomic mass is 16.5. The van der Waals surface area contributed by atoms with Crippen molar-refractivity contribution in [1.29, 1.82) is 0 Å². The highest BCUT2D eigenvalue weighted by Gasteiger charge is 2.12. The largest absolute Gasteiger partial charge is 0.507 e. The molecule has 0 amide bonds. The van der Waals surface area contributed by atoms with E-state index in [0.717, 1.165) is 18.7 Å². The number of ketones is 1. The highest BCUT2D eigenvalue weighted by Crippen LogP contribution is 2.18. The number of esters is 1. The lowest BCUT2D eigenvalue weighted by molar-refractivity contribution is -0.149. The maximum Gasteiger partial charge on any atom is 0.378 e. The summed E-state index contributed by atoms with van der Waals surface area (Å²) in [6.07, 6.45) is 0.825. The van der Waals surface area contributed by atoms with E-state index in [1.54, 1.807) is 24.3 Å². The van der Waals surface area contributed by atoms with Gasteiger partial charge in [0.15, 0.2) is 0 Å². The first kappa shape index (κ1) is 16.3. The Labute approximate surface area is 133 Å². The van der Waals surface area contributed by atoms with Crippen molar-refractivity contribution in [3.05, 3.63) is 71.8 Å².